The molecule has 0 saturated carbocycles. The Bertz CT molecular complexity index is 582. The molecule has 0 aliphatic carbocycles. The smallest absolute Gasteiger partial charge is 0.338 e. The Labute approximate surface area is 115 Å². The minimum Gasteiger partial charge on any atom is -0.478 e. The Kier molecular flexibility index (Phi) is 4.21. The van der Waals surface area contributed by atoms with Crippen molar-refractivity contribution >= 4 is 17.7 Å². The number of hydrogen-bond acceptors (Lipinski definition) is 4. The summed E-state index contributed by atoms with van der Waals surface area (Å²) in [7, 11) is 0. The highest BCUT2D eigenvalue weighted by molar-refractivity contribution is 7.99. The normalized spacial score (nSPS) is 10.6. The van der Waals surface area contributed by atoms with Gasteiger partial charge in [0.25, 0.3) is 0 Å². The average Bonchev–Trinajstić information content (AvgIpc) is 2.80. The number of hydrogen-bond donors (Lipinski definition) is 1. The quantitative estimate of drug-likeness (QED) is 0.850. The third kappa shape index (κ3) is 3.35. The van der Waals surface area contributed by atoms with E-state index in [1.807, 2.05) is 23.9 Å². The molecule has 6 heteroatoms. The number of carboxylic acid groups (broad SMARTS) is 1. The van der Waals surface area contributed by atoms with Crippen LogP contribution in [0.2, 0.25) is 0 Å². The summed E-state index contributed by atoms with van der Waals surface area (Å²) in [4.78, 5) is 15.6. The number of aromatic nitrogens is 3. The van der Waals surface area contributed by atoms with Crippen molar-refractivity contribution in [1.29, 1.82) is 0 Å². The number of carbonyl (C=O) groups is 1. The third-order valence-corrected chi connectivity index (χ3v) is 3.60. The molecule has 100 valence electrons. The molecule has 0 aliphatic rings. The van der Waals surface area contributed by atoms with E-state index >= 15 is 0 Å². The van der Waals surface area contributed by atoms with Crippen molar-refractivity contribution < 1.29 is 9.90 Å². The molecule has 0 amide bonds. The van der Waals surface area contributed by atoms with Crippen molar-refractivity contribution in [1.82, 2.24) is 14.8 Å². The Balaban J connectivity index is 2.12. The number of carboxylic acids is 1. The van der Waals surface area contributed by atoms with Crippen LogP contribution in [0, 0.1) is 13.8 Å². The van der Waals surface area contributed by atoms with E-state index in [4.69, 9.17) is 0 Å². The summed E-state index contributed by atoms with van der Waals surface area (Å²) in [6, 6.07) is 3.66. The van der Waals surface area contributed by atoms with Gasteiger partial charge in [-0.1, -0.05) is 0 Å². The van der Waals surface area contributed by atoms with Gasteiger partial charge in [-0.2, -0.15) is 5.10 Å². The molecule has 0 bridgehead atoms. The Morgan fingerprint density at radius 1 is 1.47 bits per heavy atom. The maximum atomic E-state index is 11.3. The van der Waals surface area contributed by atoms with Crippen molar-refractivity contribution in [3.63, 3.8) is 0 Å². The molecule has 0 unspecified atom stereocenters. The molecule has 2 aromatic rings. The summed E-state index contributed by atoms with van der Waals surface area (Å²) in [6.07, 6.45) is 3.61. The van der Waals surface area contributed by atoms with E-state index in [0.717, 1.165) is 23.6 Å². The molecular weight excluding hydrogens is 262 g/mol. The Hall–Kier alpha value is -1.82. The SMILES string of the molecule is Cc1cc(C)c(C(=O)O)c(SCCn2cccn2)n1. The van der Waals surface area contributed by atoms with Crippen molar-refractivity contribution in [3.05, 3.63) is 41.3 Å². The van der Waals surface area contributed by atoms with E-state index in [0.29, 0.717) is 10.6 Å². The van der Waals surface area contributed by atoms with Gasteiger partial charge >= 0.3 is 5.97 Å². The zero-order valence-corrected chi connectivity index (χ0v) is 11.6. The maximum Gasteiger partial charge on any atom is 0.338 e. The van der Waals surface area contributed by atoms with Gasteiger partial charge in [0, 0.05) is 23.8 Å². The van der Waals surface area contributed by atoms with Crippen LogP contribution < -0.4 is 0 Å². The fourth-order valence-corrected chi connectivity index (χ4v) is 2.91. The van der Waals surface area contributed by atoms with E-state index in [-0.39, 0.29) is 0 Å². The molecular formula is C13H15N3O2S. The molecule has 19 heavy (non-hydrogen) atoms. The molecule has 0 radical (unpaired) electrons. The van der Waals surface area contributed by atoms with Gasteiger partial charge in [0.2, 0.25) is 0 Å². The zero-order valence-electron chi connectivity index (χ0n) is 10.8. The lowest BCUT2D eigenvalue weighted by atomic mass is 10.1. The first-order chi connectivity index (χ1) is 9.08. The van der Waals surface area contributed by atoms with Crippen molar-refractivity contribution in [2.75, 3.05) is 5.75 Å². The molecule has 1 N–H and O–H groups in total. The van der Waals surface area contributed by atoms with E-state index in [1.165, 1.54) is 11.8 Å². The lowest BCUT2D eigenvalue weighted by Gasteiger charge is -2.09. The number of rotatable bonds is 5. The molecule has 2 heterocycles. The topological polar surface area (TPSA) is 68.0 Å². The van der Waals surface area contributed by atoms with Crippen LogP contribution in [0.3, 0.4) is 0 Å². The van der Waals surface area contributed by atoms with Gasteiger partial charge in [0.1, 0.15) is 5.03 Å². The Morgan fingerprint density at radius 2 is 2.26 bits per heavy atom. The van der Waals surface area contributed by atoms with Crippen LogP contribution in [0.4, 0.5) is 0 Å². The van der Waals surface area contributed by atoms with Crippen LogP contribution in [0.1, 0.15) is 21.6 Å². The number of aromatic carboxylic acids is 1. The van der Waals surface area contributed by atoms with Crippen LogP contribution >= 0.6 is 11.8 Å². The van der Waals surface area contributed by atoms with Gasteiger partial charge in [-0.05, 0) is 31.5 Å². The van der Waals surface area contributed by atoms with Gasteiger partial charge < -0.3 is 5.11 Å². The molecule has 0 spiro atoms. The summed E-state index contributed by atoms with van der Waals surface area (Å²) >= 11 is 1.45. The minimum absolute atomic E-state index is 0.302. The standard InChI is InChI=1S/C13H15N3O2S/c1-9-8-10(2)15-12(11(9)13(17)18)19-7-6-16-5-3-4-14-16/h3-5,8H,6-7H2,1-2H3,(H,17,18). The van der Waals surface area contributed by atoms with Gasteiger partial charge in [0.15, 0.2) is 0 Å². The molecule has 0 saturated heterocycles. The second-order valence-corrected chi connectivity index (χ2v) is 5.27. The Morgan fingerprint density at radius 3 is 2.89 bits per heavy atom. The zero-order chi connectivity index (χ0) is 13.8. The van der Waals surface area contributed by atoms with E-state index in [9.17, 15) is 9.90 Å². The average molecular weight is 277 g/mol. The number of thioether (sulfide) groups is 1. The van der Waals surface area contributed by atoms with Crippen molar-refractivity contribution in [3.8, 4) is 0 Å². The number of nitrogens with zero attached hydrogens (tertiary/aromatic N) is 3. The predicted molar refractivity (Wildman–Crippen MR) is 73.6 cm³/mol. The van der Waals surface area contributed by atoms with Crippen LogP contribution in [-0.4, -0.2) is 31.6 Å². The van der Waals surface area contributed by atoms with Gasteiger partial charge in [0.05, 0.1) is 12.1 Å². The van der Waals surface area contributed by atoms with Crippen molar-refractivity contribution in [2.24, 2.45) is 0 Å². The van der Waals surface area contributed by atoms with Crippen molar-refractivity contribution in [2.45, 2.75) is 25.4 Å². The van der Waals surface area contributed by atoms with E-state index < -0.39 is 5.97 Å². The summed E-state index contributed by atoms with van der Waals surface area (Å²) in [5, 5.41) is 13.9. The molecule has 2 rings (SSSR count). The largest absolute Gasteiger partial charge is 0.478 e. The second kappa shape index (κ2) is 5.88. The predicted octanol–water partition coefficient (Wildman–Crippen LogP) is 2.39. The van der Waals surface area contributed by atoms with Crippen LogP contribution in [-0.2, 0) is 6.54 Å². The molecule has 5 nitrogen and oxygen atoms in total. The highest BCUT2D eigenvalue weighted by Crippen LogP contribution is 2.24. The minimum atomic E-state index is -0.924. The van der Waals surface area contributed by atoms with Crippen LogP contribution in [0.15, 0.2) is 29.6 Å². The molecule has 0 fully saturated rings. The summed E-state index contributed by atoms with van der Waals surface area (Å²) < 4.78 is 1.82. The third-order valence-electron chi connectivity index (χ3n) is 2.64. The first kappa shape index (κ1) is 13.6. The molecule has 0 aliphatic heterocycles. The van der Waals surface area contributed by atoms with Gasteiger partial charge in [-0.25, -0.2) is 9.78 Å². The molecule has 0 atom stereocenters. The molecule has 0 aromatic carbocycles. The maximum absolute atomic E-state index is 11.3. The first-order valence-electron chi connectivity index (χ1n) is 5.89. The fraction of sp³-hybridized carbons (Fsp3) is 0.308. The number of aryl methyl sites for hydroxylation is 3. The van der Waals surface area contributed by atoms with Gasteiger partial charge in [-0.3, -0.25) is 4.68 Å². The van der Waals surface area contributed by atoms with Crippen LogP contribution in [0.5, 0.6) is 0 Å². The summed E-state index contributed by atoms with van der Waals surface area (Å²) in [5.41, 5.74) is 1.89. The highest BCUT2D eigenvalue weighted by atomic mass is 32.2. The molecule has 2 aromatic heterocycles. The van der Waals surface area contributed by atoms with E-state index in [2.05, 4.69) is 10.1 Å². The van der Waals surface area contributed by atoms with Crippen LogP contribution in [0.25, 0.3) is 0 Å². The highest BCUT2D eigenvalue weighted by Gasteiger charge is 2.15. The lowest BCUT2D eigenvalue weighted by molar-refractivity contribution is 0.0691. The fourth-order valence-electron chi connectivity index (χ4n) is 1.84. The monoisotopic (exact) mass is 277 g/mol. The lowest BCUT2D eigenvalue weighted by Crippen LogP contribution is -2.07. The van der Waals surface area contributed by atoms with E-state index in [1.54, 1.807) is 19.2 Å². The van der Waals surface area contributed by atoms with Gasteiger partial charge in [-0.15, -0.1) is 11.8 Å². The first-order valence-corrected chi connectivity index (χ1v) is 6.88. The summed E-state index contributed by atoms with van der Waals surface area (Å²) in [6.45, 7) is 4.40. The second-order valence-electron chi connectivity index (χ2n) is 4.18. The summed E-state index contributed by atoms with van der Waals surface area (Å²) in [5.74, 6) is -0.190. The number of pyridine rings is 1.